The highest BCUT2D eigenvalue weighted by molar-refractivity contribution is 7.87. The molecule has 35 heavy (non-hydrogen) atoms. The maximum Gasteiger partial charge on any atom is 0.431 e. The van der Waals surface area contributed by atoms with Crippen molar-refractivity contribution in [2.45, 2.75) is 61.3 Å². The summed E-state index contributed by atoms with van der Waals surface area (Å²) in [5.41, 5.74) is -4.07. The van der Waals surface area contributed by atoms with Gasteiger partial charge in [0.05, 0.1) is 23.3 Å². The van der Waals surface area contributed by atoms with Gasteiger partial charge >= 0.3 is 33.6 Å². The van der Waals surface area contributed by atoms with Crippen LogP contribution in [0.1, 0.15) is 36.5 Å². The van der Waals surface area contributed by atoms with Gasteiger partial charge in [-0.25, -0.2) is 0 Å². The molecule has 0 spiro atoms. The molecule has 6 atom stereocenters. The van der Waals surface area contributed by atoms with E-state index in [1.54, 1.807) is 0 Å². The van der Waals surface area contributed by atoms with Gasteiger partial charge in [0, 0.05) is 11.5 Å². The van der Waals surface area contributed by atoms with Crippen molar-refractivity contribution in [3.8, 4) is 0 Å². The van der Waals surface area contributed by atoms with Crippen LogP contribution in [-0.4, -0.2) is 36.4 Å². The highest BCUT2D eigenvalue weighted by atomic mass is 32.2. The zero-order chi connectivity index (χ0) is 26.6. The van der Waals surface area contributed by atoms with Gasteiger partial charge in [0.25, 0.3) is 0 Å². The minimum absolute atomic E-state index is 0.125. The molecule has 1 aliphatic heterocycles. The lowest BCUT2D eigenvalue weighted by atomic mass is 9.81. The molecule has 0 amide bonds. The summed E-state index contributed by atoms with van der Waals surface area (Å²) in [5, 5.41) is -5.84. The van der Waals surface area contributed by atoms with Crippen molar-refractivity contribution in [3.05, 3.63) is 34.9 Å². The van der Waals surface area contributed by atoms with Gasteiger partial charge < -0.3 is 9.47 Å². The Morgan fingerprint density at radius 2 is 1.34 bits per heavy atom. The molecule has 1 aromatic carbocycles. The smallest absolute Gasteiger partial charge is 0.340 e. The number of hydrogen-bond donors (Lipinski definition) is 1. The van der Waals surface area contributed by atoms with Crippen molar-refractivity contribution < 1.29 is 66.3 Å². The van der Waals surface area contributed by atoms with Crippen LogP contribution in [0.5, 0.6) is 0 Å². The second-order valence-electron chi connectivity index (χ2n) is 9.02. The Morgan fingerprint density at radius 3 is 1.80 bits per heavy atom. The Balaban J connectivity index is 1.68. The molecule has 6 unspecified atom stereocenters. The van der Waals surface area contributed by atoms with Crippen LogP contribution in [-0.2, 0) is 37.7 Å². The number of halogens is 10. The molecule has 1 aromatic rings. The number of hydrogen-bond acceptors (Lipinski definition) is 4. The second kappa shape index (κ2) is 7.44. The summed E-state index contributed by atoms with van der Waals surface area (Å²) in [6, 6.07) is 0.563. The van der Waals surface area contributed by atoms with E-state index in [-0.39, 0.29) is 12.5 Å². The normalized spacial score (nSPS) is 33.9. The summed E-state index contributed by atoms with van der Waals surface area (Å²) in [7, 11) is -6.51. The zero-order valence-electron chi connectivity index (χ0n) is 17.3. The molecule has 16 heteroatoms. The number of ether oxygens (including phenoxy) is 2. The molecule has 3 aliphatic rings. The van der Waals surface area contributed by atoms with Crippen LogP contribution in [0.3, 0.4) is 0 Å². The third-order valence-corrected chi connectivity index (χ3v) is 7.79. The van der Waals surface area contributed by atoms with E-state index in [1.807, 2.05) is 0 Å². The fourth-order valence-electron chi connectivity index (χ4n) is 5.28. The van der Waals surface area contributed by atoms with Gasteiger partial charge in [-0.3, -0.25) is 4.55 Å². The van der Waals surface area contributed by atoms with E-state index < -0.39 is 92.5 Å². The van der Waals surface area contributed by atoms with Gasteiger partial charge in [0.15, 0.2) is 5.79 Å². The van der Waals surface area contributed by atoms with Crippen LogP contribution < -0.4 is 0 Å². The standard InChI is InChI=1S/C19H16F10O5S/c1-15(8-4-9(17(22,23)24)6-10(5-8)18(25,26)27)33-13-7-2-11(14(13)34-15)12(3-7)16(20,21)19(28,29)35(30,31)32/h4-7,11-14H,2-3H2,1H3,(H,30,31,32). The molecule has 2 aliphatic carbocycles. The van der Waals surface area contributed by atoms with Crippen LogP contribution in [0, 0.1) is 17.8 Å². The second-order valence-corrected chi connectivity index (χ2v) is 10.5. The Kier molecular flexibility index (Phi) is 5.62. The van der Waals surface area contributed by atoms with Crippen molar-refractivity contribution in [1.29, 1.82) is 0 Å². The van der Waals surface area contributed by atoms with E-state index >= 15 is 0 Å². The quantitative estimate of drug-likeness (QED) is 0.402. The highest BCUT2D eigenvalue weighted by Gasteiger charge is 2.75. The number of benzene rings is 1. The highest BCUT2D eigenvalue weighted by Crippen LogP contribution is 2.63. The summed E-state index contributed by atoms with van der Waals surface area (Å²) >= 11 is 0. The Labute approximate surface area is 191 Å². The summed E-state index contributed by atoms with van der Waals surface area (Å²) in [6.07, 6.45) is -13.8. The fraction of sp³-hybridized carbons (Fsp3) is 0.684. The molecule has 2 saturated carbocycles. The Bertz CT molecular complexity index is 1100. The van der Waals surface area contributed by atoms with Crippen LogP contribution in [0.25, 0.3) is 0 Å². The molecule has 3 fully saturated rings. The van der Waals surface area contributed by atoms with E-state index in [1.165, 1.54) is 0 Å². The molecule has 4 rings (SSSR count). The van der Waals surface area contributed by atoms with E-state index in [2.05, 4.69) is 0 Å². The first-order chi connectivity index (χ1) is 15.6. The summed E-state index contributed by atoms with van der Waals surface area (Å²) < 4.78 is 178. The van der Waals surface area contributed by atoms with Gasteiger partial charge in [0.2, 0.25) is 0 Å². The molecule has 1 N–H and O–H groups in total. The molecular weight excluding hydrogens is 530 g/mol. The summed E-state index contributed by atoms with van der Waals surface area (Å²) in [5.74, 6) is -12.2. The van der Waals surface area contributed by atoms with Crippen molar-refractivity contribution >= 4 is 10.1 Å². The number of fused-ring (bicyclic) bond motifs is 5. The summed E-state index contributed by atoms with van der Waals surface area (Å²) in [4.78, 5) is 0. The van der Waals surface area contributed by atoms with Crippen molar-refractivity contribution in [2.75, 3.05) is 0 Å². The predicted octanol–water partition coefficient (Wildman–Crippen LogP) is 5.45. The van der Waals surface area contributed by atoms with Crippen molar-refractivity contribution in [2.24, 2.45) is 17.8 Å². The molecule has 2 bridgehead atoms. The molecular formula is C19H16F10O5S. The lowest BCUT2D eigenvalue weighted by molar-refractivity contribution is -0.214. The number of alkyl halides is 10. The zero-order valence-corrected chi connectivity index (χ0v) is 18.1. The van der Waals surface area contributed by atoms with E-state index in [9.17, 15) is 52.3 Å². The van der Waals surface area contributed by atoms with Crippen molar-refractivity contribution in [1.82, 2.24) is 0 Å². The molecule has 0 aromatic heterocycles. The first kappa shape index (κ1) is 26.4. The average Bonchev–Trinajstić information content (AvgIpc) is 3.35. The van der Waals surface area contributed by atoms with Crippen LogP contribution in [0.2, 0.25) is 0 Å². The van der Waals surface area contributed by atoms with Crippen LogP contribution in [0.4, 0.5) is 43.9 Å². The van der Waals surface area contributed by atoms with Gasteiger partial charge in [0.1, 0.15) is 0 Å². The molecule has 0 radical (unpaired) electrons. The Morgan fingerprint density at radius 1 is 0.857 bits per heavy atom. The molecule has 5 nitrogen and oxygen atoms in total. The minimum atomic E-state index is -6.51. The number of rotatable bonds is 4. The molecule has 1 saturated heterocycles. The van der Waals surface area contributed by atoms with E-state index in [4.69, 9.17) is 14.0 Å². The SMILES string of the molecule is CC1(c2cc(C(F)(F)F)cc(C(F)(F)F)c2)OC2C3CC(C2O1)C(C(F)(F)C(F)(F)S(=O)(=O)O)C3. The van der Waals surface area contributed by atoms with Crippen LogP contribution in [0.15, 0.2) is 18.2 Å². The maximum atomic E-state index is 14.6. The van der Waals surface area contributed by atoms with E-state index in [0.29, 0.717) is 12.1 Å². The third-order valence-electron chi connectivity index (χ3n) is 6.87. The topological polar surface area (TPSA) is 72.8 Å². The molecule has 198 valence electrons. The first-order valence-electron chi connectivity index (χ1n) is 9.98. The minimum Gasteiger partial charge on any atom is -0.340 e. The fourth-order valence-corrected chi connectivity index (χ4v) is 5.77. The van der Waals surface area contributed by atoms with Gasteiger partial charge in [-0.2, -0.15) is 52.3 Å². The average molecular weight is 546 g/mol. The van der Waals surface area contributed by atoms with Crippen LogP contribution >= 0.6 is 0 Å². The monoisotopic (exact) mass is 546 g/mol. The van der Waals surface area contributed by atoms with Gasteiger partial charge in [-0.1, -0.05) is 0 Å². The lowest BCUT2D eigenvalue weighted by Crippen LogP contribution is -2.55. The van der Waals surface area contributed by atoms with Gasteiger partial charge in [-0.05, 0) is 49.8 Å². The maximum absolute atomic E-state index is 14.6. The summed E-state index contributed by atoms with van der Waals surface area (Å²) in [6.45, 7) is 0.973. The Hall–Kier alpha value is -1.65. The third kappa shape index (κ3) is 4.00. The van der Waals surface area contributed by atoms with E-state index in [0.717, 1.165) is 6.92 Å². The lowest BCUT2D eigenvalue weighted by Gasteiger charge is -2.36. The predicted molar refractivity (Wildman–Crippen MR) is 94.7 cm³/mol. The van der Waals surface area contributed by atoms with Gasteiger partial charge in [-0.15, -0.1) is 0 Å². The largest absolute Gasteiger partial charge is 0.431 e. The van der Waals surface area contributed by atoms with Crippen molar-refractivity contribution in [3.63, 3.8) is 0 Å². The molecule has 1 heterocycles. The first-order valence-corrected chi connectivity index (χ1v) is 11.4.